The summed E-state index contributed by atoms with van der Waals surface area (Å²) in [5.41, 5.74) is 2.21. The zero-order chi connectivity index (χ0) is 14.0. The molecule has 0 spiro atoms. The lowest BCUT2D eigenvalue weighted by Gasteiger charge is -2.12. The maximum atomic E-state index is 13.1. The van der Waals surface area contributed by atoms with Crippen molar-refractivity contribution in [3.63, 3.8) is 0 Å². The number of benzene rings is 2. The van der Waals surface area contributed by atoms with Crippen LogP contribution in [-0.4, -0.2) is 5.11 Å². The highest BCUT2D eigenvalue weighted by atomic mass is 79.9. The van der Waals surface area contributed by atoms with E-state index in [0.29, 0.717) is 11.1 Å². The van der Waals surface area contributed by atoms with E-state index in [1.165, 1.54) is 12.1 Å². The number of aryl methyl sites for hydroxylation is 1. The highest BCUT2D eigenvalue weighted by molar-refractivity contribution is 9.10. The third-order valence-electron chi connectivity index (χ3n) is 2.93. The summed E-state index contributed by atoms with van der Waals surface area (Å²) < 4.78 is 27.0. The SMILES string of the molecule is Cc1ccc(C(O)Cc2cc(F)cc(F)c2)cc1Br. The molecule has 0 bridgehead atoms. The molecule has 0 radical (unpaired) electrons. The lowest BCUT2D eigenvalue weighted by Crippen LogP contribution is -2.03. The molecular weight excluding hydrogens is 314 g/mol. The van der Waals surface area contributed by atoms with Gasteiger partial charge in [0.1, 0.15) is 11.6 Å². The van der Waals surface area contributed by atoms with Crippen molar-refractivity contribution >= 4 is 15.9 Å². The molecule has 2 rings (SSSR count). The molecule has 0 aromatic heterocycles. The molecule has 0 fully saturated rings. The second-order valence-electron chi connectivity index (χ2n) is 4.51. The topological polar surface area (TPSA) is 20.2 Å². The molecule has 100 valence electrons. The van der Waals surface area contributed by atoms with E-state index >= 15 is 0 Å². The average Bonchev–Trinajstić information content (AvgIpc) is 2.31. The fourth-order valence-electron chi connectivity index (χ4n) is 1.89. The zero-order valence-electron chi connectivity index (χ0n) is 10.3. The first-order chi connectivity index (χ1) is 8.95. The molecule has 0 aliphatic heterocycles. The molecule has 1 unspecified atom stereocenters. The van der Waals surface area contributed by atoms with Crippen LogP contribution in [0.1, 0.15) is 22.8 Å². The maximum Gasteiger partial charge on any atom is 0.126 e. The summed E-state index contributed by atoms with van der Waals surface area (Å²) >= 11 is 3.39. The van der Waals surface area contributed by atoms with E-state index in [1.54, 1.807) is 6.07 Å². The van der Waals surface area contributed by atoms with Crippen LogP contribution in [-0.2, 0) is 6.42 Å². The van der Waals surface area contributed by atoms with Gasteiger partial charge in [-0.15, -0.1) is 0 Å². The fraction of sp³-hybridized carbons (Fsp3) is 0.200. The minimum atomic E-state index is -0.793. The first-order valence-corrected chi connectivity index (χ1v) is 6.64. The van der Waals surface area contributed by atoms with Gasteiger partial charge < -0.3 is 5.11 Å². The van der Waals surface area contributed by atoms with Gasteiger partial charge in [0.15, 0.2) is 0 Å². The van der Waals surface area contributed by atoms with Gasteiger partial charge in [-0.25, -0.2) is 8.78 Å². The number of hydrogen-bond donors (Lipinski definition) is 1. The molecule has 1 nitrogen and oxygen atoms in total. The summed E-state index contributed by atoms with van der Waals surface area (Å²) in [6, 6.07) is 8.79. The standard InChI is InChI=1S/C15H13BrF2O/c1-9-2-3-11(7-14(9)16)15(19)6-10-4-12(17)8-13(18)5-10/h2-5,7-8,15,19H,6H2,1H3. The highest BCUT2D eigenvalue weighted by Gasteiger charge is 2.11. The Morgan fingerprint density at radius 1 is 1.11 bits per heavy atom. The second-order valence-corrected chi connectivity index (χ2v) is 5.36. The monoisotopic (exact) mass is 326 g/mol. The van der Waals surface area contributed by atoms with Crippen LogP contribution in [0.2, 0.25) is 0 Å². The zero-order valence-corrected chi connectivity index (χ0v) is 11.9. The predicted molar refractivity (Wildman–Crippen MR) is 73.9 cm³/mol. The Balaban J connectivity index is 2.20. The van der Waals surface area contributed by atoms with Crippen LogP contribution in [0, 0.1) is 18.6 Å². The van der Waals surface area contributed by atoms with E-state index in [9.17, 15) is 13.9 Å². The normalized spacial score (nSPS) is 12.5. The van der Waals surface area contributed by atoms with Crippen LogP contribution in [0.3, 0.4) is 0 Å². The largest absolute Gasteiger partial charge is 0.388 e. The van der Waals surface area contributed by atoms with E-state index < -0.39 is 17.7 Å². The molecule has 2 aromatic rings. The molecule has 2 aromatic carbocycles. The average molecular weight is 327 g/mol. The van der Waals surface area contributed by atoms with Crippen molar-refractivity contribution in [1.82, 2.24) is 0 Å². The maximum absolute atomic E-state index is 13.1. The Bertz CT molecular complexity index is 578. The molecule has 4 heteroatoms. The minimum absolute atomic E-state index is 0.171. The molecule has 0 saturated carbocycles. The molecule has 1 atom stereocenters. The molecule has 0 aliphatic rings. The van der Waals surface area contributed by atoms with Crippen molar-refractivity contribution in [2.24, 2.45) is 0 Å². The quantitative estimate of drug-likeness (QED) is 0.891. The van der Waals surface area contributed by atoms with Gasteiger partial charge in [-0.3, -0.25) is 0 Å². The Labute approximate surface area is 119 Å². The van der Waals surface area contributed by atoms with Crippen molar-refractivity contribution < 1.29 is 13.9 Å². The Morgan fingerprint density at radius 2 is 1.74 bits per heavy atom. The van der Waals surface area contributed by atoms with Crippen LogP contribution in [0.5, 0.6) is 0 Å². The van der Waals surface area contributed by atoms with Crippen LogP contribution < -0.4 is 0 Å². The summed E-state index contributed by atoms with van der Waals surface area (Å²) in [4.78, 5) is 0. The second kappa shape index (κ2) is 5.80. The third kappa shape index (κ3) is 3.61. The van der Waals surface area contributed by atoms with E-state index in [4.69, 9.17) is 0 Å². The summed E-state index contributed by atoms with van der Waals surface area (Å²) in [7, 11) is 0. The van der Waals surface area contributed by atoms with Crippen molar-refractivity contribution in [2.75, 3.05) is 0 Å². The van der Waals surface area contributed by atoms with E-state index in [1.807, 2.05) is 19.1 Å². The molecule has 0 aliphatic carbocycles. The van der Waals surface area contributed by atoms with Crippen LogP contribution in [0.4, 0.5) is 8.78 Å². The number of aliphatic hydroxyl groups is 1. The van der Waals surface area contributed by atoms with Gasteiger partial charge in [0.25, 0.3) is 0 Å². The smallest absolute Gasteiger partial charge is 0.126 e. The van der Waals surface area contributed by atoms with Gasteiger partial charge in [-0.05, 0) is 41.8 Å². The molecular formula is C15H13BrF2O. The fourth-order valence-corrected chi connectivity index (χ4v) is 2.28. The lowest BCUT2D eigenvalue weighted by atomic mass is 10.0. The van der Waals surface area contributed by atoms with Gasteiger partial charge >= 0.3 is 0 Å². The summed E-state index contributed by atoms with van der Waals surface area (Å²) in [5.74, 6) is -1.26. The van der Waals surface area contributed by atoms with E-state index in [-0.39, 0.29) is 6.42 Å². The molecule has 0 saturated heterocycles. The molecule has 0 amide bonds. The predicted octanol–water partition coefficient (Wildman–Crippen LogP) is 4.31. The molecule has 19 heavy (non-hydrogen) atoms. The van der Waals surface area contributed by atoms with Crippen molar-refractivity contribution in [1.29, 1.82) is 0 Å². The number of hydrogen-bond acceptors (Lipinski definition) is 1. The summed E-state index contributed by atoms with van der Waals surface area (Å²) in [5, 5.41) is 10.1. The Kier molecular flexibility index (Phi) is 4.32. The van der Waals surface area contributed by atoms with Crippen LogP contribution in [0.15, 0.2) is 40.9 Å². The molecule has 0 heterocycles. The van der Waals surface area contributed by atoms with Gasteiger partial charge in [0.2, 0.25) is 0 Å². The van der Waals surface area contributed by atoms with Gasteiger partial charge in [-0.2, -0.15) is 0 Å². The Morgan fingerprint density at radius 3 is 2.32 bits per heavy atom. The minimum Gasteiger partial charge on any atom is -0.388 e. The third-order valence-corrected chi connectivity index (χ3v) is 3.79. The summed E-state index contributed by atoms with van der Waals surface area (Å²) in [6.07, 6.45) is -0.623. The van der Waals surface area contributed by atoms with Crippen LogP contribution >= 0.6 is 15.9 Å². The van der Waals surface area contributed by atoms with Crippen molar-refractivity contribution in [3.05, 3.63) is 69.2 Å². The number of aliphatic hydroxyl groups excluding tert-OH is 1. The van der Waals surface area contributed by atoms with Crippen molar-refractivity contribution in [2.45, 2.75) is 19.4 Å². The van der Waals surface area contributed by atoms with Crippen molar-refractivity contribution in [3.8, 4) is 0 Å². The van der Waals surface area contributed by atoms with Gasteiger partial charge in [0.05, 0.1) is 6.10 Å². The molecule has 1 N–H and O–H groups in total. The highest BCUT2D eigenvalue weighted by Crippen LogP contribution is 2.24. The lowest BCUT2D eigenvalue weighted by molar-refractivity contribution is 0.178. The van der Waals surface area contributed by atoms with Crippen LogP contribution in [0.25, 0.3) is 0 Å². The number of halogens is 3. The first-order valence-electron chi connectivity index (χ1n) is 5.85. The summed E-state index contributed by atoms with van der Waals surface area (Å²) in [6.45, 7) is 1.95. The van der Waals surface area contributed by atoms with E-state index in [2.05, 4.69) is 15.9 Å². The van der Waals surface area contributed by atoms with Gasteiger partial charge in [-0.1, -0.05) is 28.1 Å². The first kappa shape index (κ1) is 14.2. The van der Waals surface area contributed by atoms with Gasteiger partial charge in [0, 0.05) is 17.0 Å². The Hall–Kier alpha value is -1.26. The number of rotatable bonds is 3. The van der Waals surface area contributed by atoms with E-state index in [0.717, 1.165) is 16.1 Å².